The number of hydrogen-bond donors (Lipinski definition) is 1. The molecular formula is C11H21N3. The largest absolute Gasteiger partial charge is 0.326 e. The summed E-state index contributed by atoms with van der Waals surface area (Å²) in [6.45, 7) is 6.56. The molecule has 80 valence electrons. The molecule has 2 atom stereocenters. The summed E-state index contributed by atoms with van der Waals surface area (Å²) in [6, 6.07) is 3.06. The minimum absolute atomic E-state index is 0.263. The topological polar surface area (TPSA) is 53.0 Å². The van der Waals surface area contributed by atoms with Crippen LogP contribution in [0.5, 0.6) is 0 Å². The van der Waals surface area contributed by atoms with Gasteiger partial charge < -0.3 is 5.73 Å². The van der Waals surface area contributed by atoms with Gasteiger partial charge in [0.15, 0.2) is 0 Å². The predicted octanol–water partition coefficient (Wildman–Crippen LogP) is 1.35. The van der Waals surface area contributed by atoms with Gasteiger partial charge in [-0.2, -0.15) is 5.26 Å². The van der Waals surface area contributed by atoms with Gasteiger partial charge in [0.05, 0.1) is 6.07 Å². The van der Waals surface area contributed by atoms with Crippen LogP contribution in [-0.4, -0.2) is 30.1 Å². The highest BCUT2D eigenvalue weighted by molar-refractivity contribution is 4.86. The summed E-state index contributed by atoms with van der Waals surface area (Å²) in [7, 11) is 0. The average molecular weight is 195 g/mol. The lowest BCUT2D eigenvalue weighted by Gasteiger charge is -2.38. The Morgan fingerprint density at radius 3 is 2.79 bits per heavy atom. The molecule has 0 aromatic rings. The molecule has 1 fully saturated rings. The summed E-state index contributed by atoms with van der Waals surface area (Å²) in [5.41, 5.74) is 6.10. The van der Waals surface area contributed by atoms with Gasteiger partial charge in [0.25, 0.3) is 0 Å². The van der Waals surface area contributed by atoms with Gasteiger partial charge in [-0.25, -0.2) is 0 Å². The quantitative estimate of drug-likeness (QED) is 0.739. The molecule has 1 heterocycles. The molecule has 0 aromatic carbocycles. The normalized spacial score (nSPS) is 29.1. The molecule has 1 aliphatic heterocycles. The van der Waals surface area contributed by atoms with Gasteiger partial charge >= 0.3 is 0 Å². The van der Waals surface area contributed by atoms with Gasteiger partial charge in [-0.05, 0) is 39.2 Å². The predicted molar refractivity (Wildman–Crippen MR) is 57.6 cm³/mol. The summed E-state index contributed by atoms with van der Waals surface area (Å²) < 4.78 is 0. The smallest absolute Gasteiger partial charge is 0.0621 e. The van der Waals surface area contributed by atoms with Crippen LogP contribution in [0.25, 0.3) is 0 Å². The lowest BCUT2D eigenvalue weighted by Crippen LogP contribution is -2.50. The summed E-state index contributed by atoms with van der Waals surface area (Å²) >= 11 is 0. The highest BCUT2D eigenvalue weighted by Crippen LogP contribution is 2.22. The second kappa shape index (κ2) is 5.33. The molecule has 0 bridgehead atoms. The van der Waals surface area contributed by atoms with Crippen molar-refractivity contribution in [2.75, 3.05) is 13.1 Å². The van der Waals surface area contributed by atoms with Crippen molar-refractivity contribution in [2.24, 2.45) is 11.7 Å². The van der Waals surface area contributed by atoms with Gasteiger partial charge in [-0.3, -0.25) is 4.90 Å². The standard InChI is InChI=1S/C11H21N3/c1-9(2)14-7-5-10(4-3-6-12)11(13)8-14/h9-11H,3-5,7-8,13H2,1-2H3. The molecule has 1 saturated heterocycles. The second-order valence-electron chi connectivity index (χ2n) is 4.50. The zero-order valence-electron chi connectivity index (χ0n) is 9.24. The van der Waals surface area contributed by atoms with Gasteiger partial charge in [-0.15, -0.1) is 0 Å². The van der Waals surface area contributed by atoms with E-state index in [4.69, 9.17) is 11.0 Å². The SMILES string of the molecule is CC(C)N1CCC(CCC#N)C(N)C1. The van der Waals surface area contributed by atoms with Crippen LogP contribution >= 0.6 is 0 Å². The highest BCUT2D eigenvalue weighted by Gasteiger charge is 2.26. The van der Waals surface area contributed by atoms with Crippen LogP contribution in [0.4, 0.5) is 0 Å². The van der Waals surface area contributed by atoms with Crippen LogP contribution in [0.1, 0.15) is 33.1 Å². The zero-order valence-corrected chi connectivity index (χ0v) is 9.24. The number of nitriles is 1. The fourth-order valence-electron chi connectivity index (χ4n) is 2.13. The van der Waals surface area contributed by atoms with Crippen LogP contribution < -0.4 is 5.73 Å². The molecule has 14 heavy (non-hydrogen) atoms. The van der Waals surface area contributed by atoms with E-state index >= 15 is 0 Å². The first-order valence-corrected chi connectivity index (χ1v) is 5.51. The third kappa shape index (κ3) is 2.97. The lowest BCUT2D eigenvalue weighted by atomic mass is 9.88. The van der Waals surface area contributed by atoms with E-state index in [1.807, 2.05) is 0 Å². The van der Waals surface area contributed by atoms with Crippen LogP contribution in [-0.2, 0) is 0 Å². The first-order valence-electron chi connectivity index (χ1n) is 5.51. The maximum atomic E-state index is 8.52. The fourth-order valence-corrected chi connectivity index (χ4v) is 2.13. The van der Waals surface area contributed by atoms with Crippen molar-refractivity contribution in [1.82, 2.24) is 4.90 Å². The third-order valence-corrected chi connectivity index (χ3v) is 3.20. The van der Waals surface area contributed by atoms with Crippen LogP contribution in [0.15, 0.2) is 0 Å². The van der Waals surface area contributed by atoms with E-state index in [-0.39, 0.29) is 6.04 Å². The third-order valence-electron chi connectivity index (χ3n) is 3.20. The molecule has 2 unspecified atom stereocenters. The molecular weight excluding hydrogens is 174 g/mol. The first kappa shape index (κ1) is 11.5. The van der Waals surface area contributed by atoms with E-state index < -0.39 is 0 Å². The first-order chi connectivity index (χ1) is 6.65. The maximum Gasteiger partial charge on any atom is 0.0621 e. The maximum absolute atomic E-state index is 8.52. The molecule has 0 aromatic heterocycles. The van der Waals surface area contributed by atoms with Crippen molar-refractivity contribution in [2.45, 2.75) is 45.2 Å². The Balaban J connectivity index is 2.36. The molecule has 0 saturated carbocycles. The van der Waals surface area contributed by atoms with Crippen molar-refractivity contribution in [1.29, 1.82) is 5.26 Å². The van der Waals surface area contributed by atoms with Gasteiger partial charge in [0.1, 0.15) is 0 Å². The minimum atomic E-state index is 0.263. The Bertz CT molecular complexity index is 207. The summed E-state index contributed by atoms with van der Waals surface area (Å²) in [5, 5.41) is 8.52. The molecule has 3 nitrogen and oxygen atoms in total. The number of nitrogens with zero attached hydrogens (tertiary/aromatic N) is 2. The van der Waals surface area contributed by atoms with E-state index in [2.05, 4.69) is 24.8 Å². The molecule has 0 amide bonds. The van der Waals surface area contributed by atoms with Gasteiger partial charge in [0.2, 0.25) is 0 Å². The van der Waals surface area contributed by atoms with Crippen LogP contribution in [0, 0.1) is 17.2 Å². The van der Waals surface area contributed by atoms with Crippen molar-refractivity contribution >= 4 is 0 Å². The van der Waals surface area contributed by atoms with Crippen LogP contribution in [0.3, 0.4) is 0 Å². The van der Waals surface area contributed by atoms with Gasteiger partial charge in [0, 0.05) is 25.0 Å². The molecule has 1 rings (SSSR count). The van der Waals surface area contributed by atoms with Crippen molar-refractivity contribution in [3.8, 4) is 6.07 Å². The van der Waals surface area contributed by atoms with Crippen LogP contribution in [0.2, 0.25) is 0 Å². The fraction of sp³-hybridized carbons (Fsp3) is 0.909. The summed E-state index contributed by atoms with van der Waals surface area (Å²) in [5.74, 6) is 0.560. The Labute approximate surface area is 86.9 Å². The average Bonchev–Trinajstić information content (AvgIpc) is 2.15. The number of nitrogens with two attached hydrogens (primary N) is 1. The van der Waals surface area contributed by atoms with Crippen molar-refractivity contribution in [3.63, 3.8) is 0 Å². The lowest BCUT2D eigenvalue weighted by molar-refractivity contribution is 0.126. The van der Waals surface area contributed by atoms with E-state index in [0.29, 0.717) is 18.4 Å². The molecule has 0 aliphatic carbocycles. The Hall–Kier alpha value is -0.590. The number of piperidine rings is 1. The van der Waals surface area contributed by atoms with E-state index in [1.54, 1.807) is 0 Å². The summed E-state index contributed by atoms with van der Waals surface area (Å²) in [6.07, 6.45) is 2.78. The minimum Gasteiger partial charge on any atom is -0.326 e. The number of likely N-dealkylation sites (tertiary alicyclic amines) is 1. The second-order valence-corrected chi connectivity index (χ2v) is 4.50. The van der Waals surface area contributed by atoms with E-state index in [9.17, 15) is 0 Å². The Morgan fingerprint density at radius 1 is 1.57 bits per heavy atom. The number of rotatable bonds is 3. The van der Waals surface area contributed by atoms with Gasteiger partial charge in [-0.1, -0.05) is 0 Å². The molecule has 0 radical (unpaired) electrons. The number of hydrogen-bond acceptors (Lipinski definition) is 3. The van der Waals surface area contributed by atoms with E-state index in [0.717, 1.165) is 25.9 Å². The van der Waals surface area contributed by atoms with Crippen molar-refractivity contribution < 1.29 is 0 Å². The highest BCUT2D eigenvalue weighted by atomic mass is 15.2. The van der Waals surface area contributed by atoms with E-state index in [1.165, 1.54) is 0 Å². The zero-order chi connectivity index (χ0) is 10.6. The molecule has 0 spiro atoms. The molecule has 2 N–H and O–H groups in total. The monoisotopic (exact) mass is 195 g/mol. The molecule has 3 heteroatoms. The Kier molecular flexibility index (Phi) is 4.37. The van der Waals surface area contributed by atoms with Crippen molar-refractivity contribution in [3.05, 3.63) is 0 Å². The summed E-state index contributed by atoms with van der Waals surface area (Å²) in [4.78, 5) is 2.42. The Morgan fingerprint density at radius 2 is 2.29 bits per heavy atom. The molecule has 1 aliphatic rings.